The van der Waals surface area contributed by atoms with Gasteiger partial charge in [-0.3, -0.25) is 4.79 Å². The molecule has 0 saturated carbocycles. The first-order valence-corrected chi connectivity index (χ1v) is 11.4. The van der Waals surface area contributed by atoms with Gasteiger partial charge in [0, 0.05) is 43.9 Å². The van der Waals surface area contributed by atoms with Gasteiger partial charge in [0.2, 0.25) is 0 Å². The number of aromatic nitrogens is 4. The fraction of sp³-hybridized carbons (Fsp3) is 0.280. The minimum absolute atomic E-state index is 0.0650. The van der Waals surface area contributed by atoms with Crippen molar-refractivity contribution in [1.29, 1.82) is 0 Å². The van der Waals surface area contributed by atoms with Crippen LogP contribution in [-0.4, -0.2) is 80.5 Å². The number of phenols is 1. The number of carbonyl (C=O) groups is 1. The Kier molecular flexibility index (Phi) is 6.09. The molecule has 9 nitrogen and oxygen atoms in total. The molecule has 0 atom stereocenters. The molecule has 4 aromatic rings. The van der Waals surface area contributed by atoms with Crippen LogP contribution in [0, 0.1) is 0 Å². The van der Waals surface area contributed by atoms with Crippen LogP contribution in [0.4, 0.5) is 5.82 Å². The number of hydrogen-bond acceptors (Lipinski definition) is 7. The highest BCUT2D eigenvalue weighted by Gasteiger charge is 2.20. The highest BCUT2D eigenvalue weighted by Crippen LogP contribution is 2.24. The van der Waals surface area contributed by atoms with Gasteiger partial charge in [0.25, 0.3) is 5.91 Å². The lowest BCUT2D eigenvalue weighted by Gasteiger charge is -2.32. The highest BCUT2D eigenvalue weighted by molar-refractivity contribution is 5.95. The molecule has 0 aliphatic carbocycles. The number of benzene rings is 2. The number of H-pyrrole nitrogens is 1. The number of phenolic OH excluding ortho intramolecular Hbond substituents is 1. The Bertz CT molecular complexity index is 1280. The van der Waals surface area contributed by atoms with E-state index in [2.05, 4.69) is 37.2 Å². The predicted octanol–water partition coefficient (Wildman–Crippen LogP) is 2.77. The molecular weight excluding hydrogens is 430 g/mol. The van der Waals surface area contributed by atoms with Gasteiger partial charge < -0.3 is 25.2 Å². The van der Waals surface area contributed by atoms with Crippen LogP contribution in [-0.2, 0) is 6.42 Å². The van der Waals surface area contributed by atoms with Crippen LogP contribution in [0.2, 0.25) is 0 Å². The first-order valence-electron chi connectivity index (χ1n) is 11.4. The van der Waals surface area contributed by atoms with Gasteiger partial charge in [0.05, 0.1) is 0 Å². The summed E-state index contributed by atoms with van der Waals surface area (Å²) < 4.78 is 0. The second-order valence-electron chi connectivity index (χ2n) is 8.52. The second kappa shape index (κ2) is 9.48. The van der Waals surface area contributed by atoms with Crippen molar-refractivity contribution in [3.63, 3.8) is 0 Å². The number of nitrogens with zero attached hydrogens (tertiary/aromatic N) is 5. The number of rotatable bonds is 6. The zero-order valence-electron chi connectivity index (χ0n) is 19.0. The molecule has 3 N–H and O–H groups in total. The van der Waals surface area contributed by atoms with E-state index in [1.54, 1.807) is 12.1 Å². The Morgan fingerprint density at radius 2 is 1.76 bits per heavy atom. The van der Waals surface area contributed by atoms with Crippen LogP contribution >= 0.6 is 0 Å². The summed E-state index contributed by atoms with van der Waals surface area (Å²) in [5.41, 5.74) is 3.99. The van der Waals surface area contributed by atoms with Crippen LogP contribution in [0.25, 0.3) is 22.6 Å². The first kappa shape index (κ1) is 21.8. The SMILES string of the molecule is CN1CCN(C(=O)c2ccc(-c3nc4ncnc(NCCc5ccc(O)cc5)c4[nH]3)cc2)CC1. The van der Waals surface area contributed by atoms with Gasteiger partial charge in [-0.15, -0.1) is 0 Å². The number of aromatic hydroxyl groups is 1. The molecule has 34 heavy (non-hydrogen) atoms. The van der Waals surface area contributed by atoms with Crippen molar-refractivity contribution in [2.24, 2.45) is 0 Å². The van der Waals surface area contributed by atoms with Crippen LogP contribution in [0.3, 0.4) is 0 Å². The van der Waals surface area contributed by atoms with Gasteiger partial charge in [-0.05, 0) is 43.3 Å². The average molecular weight is 458 g/mol. The molecule has 1 aliphatic heterocycles. The quantitative estimate of drug-likeness (QED) is 0.408. The molecule has 0 unspecified atom stereocenters. The smallest absolute Gasteiger partial charge is 0.253 e. The molecule has 2 aromatic carbocycles. The molecule has 0 spiro atoms. The Hall–Kier alpha value is -3.98. The lowest BCUT2D eigenvalue weighted by Crippen LogP contribution is -2.47. The summed E-state index contributed by atoms with van der Waals surface area (Å²) >= 11 is 0. The summed E-state index contributed by atoms with van der Waals surface area (Å²) in [6.45, 7) is 3.97. The van der Waals surface area contributed by atoms with Crippen molar-refractivity contribution < 1.29 is 9.90 Å². The third-order valence-electron chi connectivity index (χ3n) is 6.13. The molecule has 0 bridgehead atoms. The summed E-state index contributed by atoms with van der Waals surface area (Å²) in [4.78, 5) is 33.5. The maximum atomic E-state index is 12.8. The zero-order valence-corrected chi connectivity index (χ0v) is 19.0. The fourth-order valence-electron chi connectivity index (χ4n) is 4.05. The molecule has 1 saturated heterocycles. The maximum absolute atomic E-state index is 12.8. The molecule has 1 aliphatic rings. The van der Waals surface area contributed by atoms with Crippen molar-refractivity contribution >= 4 is 22.9 Å². The van der Waals surface area contributed by atoms with Crippen molar-refractivity contribution in [2.75, 3.05) is 45.1 Å². The van der Waals surface area contributed by atoms with Gasteiger partial charge >= 0.3 is 0 Å². The Morgan fingerprint density at radius 3 is 2.50 bits per heavy atom. The van der Waals surface area contributed by atoms with Crippen LogP contribution in [0.1, 0.15) is 15.9 Å². The van der Waals surface area contributed by atoms with E-state index in [9.17, 15) is 9.90 Å². The van der Waals surface area contributed by atoms with Gasteiger partial charge in [0.15, 0.2) is 11.5 Å². The summed E-state index contributed by atoms with van der Waals surface area (Å²) in [5, 5.41) is 12.8. The van der Waals surface area contributed by atoms with E-state index in [-0.39, 0.29) is 11.7 Å². The maximum Gasteiger partial charge on any atom is 0.253 e. The second-order valence-corrected chi connectivity index (χ2v) is 8.52. The van der Waals surface area contributed by atoms with Crippen molar-refractivity contribution in [2.45, 2.75) is 6.42 Å². The van der Waals surface area contributed by atoms with Crippen LogP contribution in [0.5, 0.6) is 5.75 Å². The molecule has 1 amide bonds. The molecular formula is C25H27N7O2. The largest absolute Gasteiger partial charge is 0.508 e. The van der Waals surface area contributed by atoms with E-state index in [0.717, 1.165) is 49.2 Å². The summed E-state index contributed by atoms with van der Waals surface area (Å²) in [5.74, 6) is 1.69. The standard InChI is InChI=1S/C25H27N7O2/c1-31-12-14-32(15-13-31)25(34)19-6-4-18(5-7-19)22-29-21-23(27-16-28-24(21)30-22)26-11-10-17-2-8-20(33)9-3-17/h2-9,16,33H,10-15H2,1H3,(H2,26,27,28,29,30). The highest BCUT2D eigenvalue weighted by atomic mass is 16.3. The average Bonchev–Trinajstić information content (AvgIpc) is 3.31. The number of nitrogens with one attached hydrogen (secondary N) is 2. The van der Waals surface area contributed by atoms with E-state index in [1.807, 2.05) is 41.3 Å². The predicted molar refractivity (Wildman–Crippen MR) is 131 cm³/mol. The van der Waals surface area contributed by atoms with Crippen LogP contribution < -0.4 is 5.32 Å². The number of anilines is 1. The fourth-order valence-corrected chi connectivity index (χ4v) is 4.05. The lowest BCUT2D eigenvalue weighted by molar-refractivity contribution is 0.0664. The summed E-state index contributed by atoms with van der Waals surface area (Å²) in [6, 6.07) is 14.7. The zero-order chi connectivity index (χ0) is 23.5. The van der Waals surface area contributed by atoms with Gasteiger partial charge in [0.1, 0.15) is 23.4 Å². The first-order chi connectivity index (χ1) is 16.6. The molecule has 9 heteroatoms. The number of piperazine rings is 1. The minimum atomic E-state index is 0.0650. The Balaban J connectivity index is 1.28. The number of aromatic amines is 1. The normalized spacial score (nSPS) is 14.4. The van der Waals surface area contributed by atoms with Crippen LogP contribution in [0.15, 0.2) is 54.9 Å². The Labute approximate surface area is 197 Å². The lowest BCUT2D eigenvalue weighted by atomic mass is 10.1. The molecule has 2 aromatic heterocycles. The molecule has 174 valence electrons. The third-order valence-corrected chi connectivity index (χ3v) is 6.13. The van der Waals surface area contributed by atoms with Crippen molar-refractivity contribution in [3.8, 4) is 17.1 Å². The van der Waals surface area contributed by atoms with E-state index in [1.165, 1.54) is 6.33 Å². The number of hydrogen-bond donors (Lipinski definition) is 3. The van der Waals surface area contributed by atoms with E-state index in [0.29, 0.717) is 29.4 Å². The summed E-state index contributed by atoms with van der Waals surface area (Å²) in [7, 11) is 2.07. The van der Waals surface area contributed by atoms with Gasteiger partial charge in [-0.2, -0.15) is 0 Å². The number of amides is 1. The molecule has 5 rings (SSSR count). The molecule has 1 fully saturated rings. The van der Waals surface area contributed by atoms with E-state index in [4.69, 9.17) is 0 Å². The Morgan fingerprint density at radius 1 is 1.03 bits per heavy atom. The molecule has 3 heterocycles. The number of imidazole rings is 1. The topological polar surface area (TPSA) is 110 Å². The molecule has 0 radical (unpaired) electrons. The monoisotopic (exact) mass is 457 g/mol. The minimum Gasteiger partial charge on any atom is -0.508 e. The number of fused-ring (bicyclic) bond motifs is 1. The van der Waals surface area contributed by atoms with Crippen molar-refractivity contribution in [1.82, 2.24) is 29.7 Å². The van der Waals surface area contributed by atoms with Gasteiger partial charge in [-0.1, -0.05) is 24.3 Å². The number of likely N-dealkylation sites (N-methyl/N-ethyl adjacent to an activating group) is 1. The van der Waals surface area contributed by atoms with Gasteiger partial charge in [-0.25, -0.2) is 15.0 Å². The van der Waals surface area contributed by atoms with Crippen molar-refractivity contribution in [3.05, 3.63) is 66.0 Å². The third kappa shape index (κ3) is 4.69. The van der Waals surface area contributed by atoms with E-state index >= 15 is 0 Å². The summed E-state index contributed by atoms with van der Waals surface area (Å²) in [6.07, 6.45) is 2.28. The number of carbonyl (C=O) groups excluding carboxylic acids is 1. The van der Waals surface area contributed by atoms with E-state index < -0.39 is 0 Å².